The van der Waals surface area contributed by atoms with E-state index in [1.54, 1.807) is 6.07 Å². The SMILES string of the molecule is Cc1ccc(C(C)C)cc2ccc(S(=O)(=O)[O-])c1-2.NC(=O)CCC(N)C(=O)O.[Na+]. The summed E-state index contributed by atoms with van der Waals surface area (Å²) >= 11 is 0. The van der Waals surface area contributed by atoms with E-state index < -0.39 is 28.0 Å². The molecule has 2 rings (SSSR count). The molecule has 0 radical (unpaired) electrons. The molecule has 0 saturated carbocycles. The summed E-state index contributed by atoms with van der Waals surface area (Å²) in [5.41, 5.74) is 13.1. The third-order valence-electron chi connectivity index (χ3n) is 4.15. The zero-order chi connectivity index (χ0) is 21.6. The molecule has 0 saturated heterocycles. The molecule has 10 heteroatoms. The molecule has 0 bridgehead atoms. The van der Waals surface area contributed by atoms with Crippen molar-refractivity contribution >= 4 is 22.0 Å². The fraction of sp³-hybridized carbons (Fsp3) is 0.368. The monoisotopic (exact) mass is 432 g/mol. The first kappa shape index (κ1) is 27.5. The molecule has 0 fully saturated rings. The molecule has 0 aliphatic heterocycles. The van der Waals surface area contributed by atoms with E-state index in [1.807, 2.05) is 25.1 Å². The predicted octanol–water partition coefficient (Wildman–Crippen LogP) is -1.20. The number of hydrogen-bond acceptors (Lipinski definition) is 6. The Morgan fingerprint density at radius 1 is 1.17 bits per heavy atom. The fourth-order valence-corrected chi connectivity index (χ4v) is 3.30. The van der Waals surface area contributed by atoms with Crippen molar-refractivity contribution in [3.63, 3.8) is 0 Å². The maximum Gasteiger partial charge on any atom is 1.00 e. The van der Waals surface area contributed by atoms with Crippen molar-refractivity contribution in [1.29, 1.82) is 0 Å². The molecular formula is C19H25N2NaO6S. The number of fused-ring (bicyclic) bond motifs is 1. The summed E-state index contributed by atoms with van der Waals surface area (Å²) in [7, 11) is -4.42. The number of rotatable bonds is 6. The van der Waals surface area contributed by atoms with Crippen LogP contribution in [0.25, 0.3) is 11.1 Å². The molecule has 8 nitrogen and oxygen atoms in total. The van der Waals surface area contributed by atoms with E-state index in [9.17, 15) is 22.6 Å². The zero-order valence-electron chi connectivity index (χ0n) is 17.0. The Kier molecular flexibility index (Phi) is 11.0. The van der Waals surface area contributed by atoms with Gasteiger partial charge in [-0.1, -0.05) is 38.1 Å². The molecule has 0 aromatic carbocycles. The van der Waals surface area contributed by atoms with Crippen LogP contribution >= 0.6 is 0 Å². The van der Waals surface area contributed by atoms with Crippen molar-refractivity contribution in [1.82, 2.24) is 0 Å². The van der Waals surface area contributed by atoms with Crippen molar-refractivity contribution in [3.05, 3.63) is 41.5 Å². The van der Waals surface area contributed by atoms with Crippen LogP contribution in [0.4, 0.5) is 0 Å². The maximum atomic E-state index is 11.2. The number of nitrogens with two attached hydrogens (primary N) is 2. The molecule has 154 valence electrons. The van der Waals surface area contributed by atoms with Crippen molar-refractivity contribution in [2.24, 2.45) is 11.5 Å². The molecule has 2 aliphatic rings. The van der Waals surface area contributed by atoms with Crippen LogP contribution in [0.5, 0.6) is 0 Å². The molecule has 1 atom stereocenters. The van der Waals surface area contributed by atoms with Gasteiger partial charge in [-0.05, 0) is 42.0 Å². The van der Waals surface area contributed by atoms with Crippen LogP contribution in [0.15, 0.2) is 35.2 Å². The van der Waals surface area contributed by atoms with Gasteiger partial charge in [0.05, 0.1) is 4.90 Å². The van der Waals surface area contributed by atoms with Gasteiger partial charge in [-0.15, -0.1) is 0 Å². The van der Waals surface area contributed by atoms with E-state index in [1.165, 1.54) is 6.07 Å². The van der Waals surface area contributed by atoms with E-state index >= 15 is 0 Å². The maximum absolute atomic E-state index is 11.2. The molecule has 5 N–H and O–H groups in total. The molecule has 0 aromatic rings. The van der Waals surface area contributed by atoms with Gasteiger partial charge in [-0.25, -0.2) is 8.42 Å². The Balaban J connectivity index is 0.000000616. The van der Waals surface area contributed by atoms with Gasteiger partial charge < -0.3 is 21.1 Å². The molecular weight excluding hydrogens is 407 g/mol. The summed E-state index contributed by atoms with van der Waals surface area (Å²) in [5.74, 6) is -1.29. The van der Waals surface area contributed by atoms with Gasteiger partial charge in [-0.2, -0.15) is 0 Å². The summed E-state index contributed by atoms with van der Waals surface area (Å²) in [6, 6.07) is 7.89. The number of aryl methyl sites for hydroxylation is 1. The number of hydrogen-bond donors (Lipinski definition) is 3. The number of aliphatic carboxylic acids is 1. The number of carbonyl (C=O) groups excluding carboxylic acids is 1. The topological polar surface area (TPSA) is 164 Å². The standard InChI is InChI=1S/C14H16O3S.C5H10N2O3.Na/c1-9(2)11-5-4-10(3)14-12(8-11)6-7-13(14)18(15,16)17;6-3(5(9)10)1-2-4(7)8;/h4-9H,1-3H3,(H,15,16,17);3H,1-2,6H2,(H2,7,8)(H,9,10);/q;;+1/p-1. The van der Waals surface area contributed by atoms with Crippen molar-refractivity contribution < 1.29 is 57.2 Å². The Labute approximate surface area is 193 Å². The van der Waals surface area contributed by atoms with Gasteiger partial charge in [0.1, 0.15) is 16.2 Å². The van der Waals surface area contributed by atoms with Crippen LogP contribution in [0.2, 0.25) is 0 Å². The van der Waals surface area contributed by atoms with E-state index in [-0.39, 0.29) is 47.3 Å². The largest absolute Gasteiger partial charge is 1.00 e. The first-order chi connectivity index (χ1) is 12.8. The smallest absolute Gasteiger partial charge is 0.744 e. The van der Waals surface area contributed by atoms with Crippen LogP contribution < -0.4 is 41.0 Å². The summed E-state index contributed by atoms with van der Waals surface area (Å²) in [4.78, 5) is 20.0. The molecule has 2 aliphatic carbocycles. The molecule has 0 heterocycles. The van der Waals surface area contributed by atoms with E-state index in [4.69, 9.17) is 16.6 Å². The average molecular weight is 432 g/mol. The average Bonchev–Trinajstić information content (AvgIpc) is 2.93. The summed E-state index contributed by atoms with van der Waals surface area (Å²) in [5, 5.41) is 8.22. The van der Waals surface area contributed by atoms with Crippen LogP contribution in [-0.4, -0.2) is 36.0 Å². The van der Waals surface area contributed by atoms with Gasteiger partial charge >= 0.3 is 35.5 Å². The quantitative estimate of drug-likeness (QED) is 0.381. The third kappa shape index (κ3) is 8.41. The number of amides is 1. The second-order valence-electron chi connectivity index (χ2n) is 6.75. The Hall–Kier alpha value is -1.49. The second kappa shape index (κ2) is 11.6. The van der Waals surface area contributed by atoms with Gasteiger partial charge in [0, 0.05) is 12.0 Å². The second-order valence-corrected chi connectivity index (χ2v) is 8.10. The minimum absolute atomic E-state index is 0. The van der Waals surface area contributed by atoms with Crippen molar-refractivity contribution in [3.8, 4) is 11.1 Å². The number of carboxylic acids is 1. The predicted molar refractivity (Wildman–Crippen MR) is 104 cm³/mol. The number of carbonyl (C=O) groups is 2. The fourth-order valence-electron chi connectivity index (χ4n) is 2.54. The van der Waals surface area contributed by atoms with Gasteiger partial charge in [0.15, 0.2) is 0 Å². The van der Waals surface area contributed by atoms with E-state index in [2.05, 4.69) is 13.8 Å². The van der Waals surface area contributed by atoms with Crippen LogP contribution in [0.3, 0.4) is 0 Å². The Morgan fingerprint density at radius 3 is 2.21 bits per heavy atom. The van der Waals surface area contributed by atoms with E-state index in [0.717, 1.165) is 16.7 Å². The Bertz CT molecular complexity index is 930. The zero-order valence-corrected chi connectivity index (χ0v) is 19.8. The van der Waals surface area contributed by atoms with Crippen LogP contribution in [0.1, 0.15) is 43.7 Å². The molecule has 0 spiro atoms. The van der Waals surface area contributed by atoms with Gasteiger partial charge in [-0.3, -0.25) is 9.59 Å². The number of carboxylic acid groups (broad SMARTS) is 1. The van der Waals surface area contributed by atoms with Crippen LogP contribution in [-0.2, 0) is 19.7 Å². The van der Waals surface area contributed by atoms with Crippen molar-refractivity contribution in [2.45, 2.75) is 50.5 Å². The minimum atomic E-state index is -4.42. The first-order valence-electron chi connectivity index (χ1n) is 8.60. The normalized spacial score (nSPS) is 11.9. The molecule has 0 aromatic heterocycles. The third-order valence-corrected chi connectivity index (χ3v) is 5.03. The summed E-state index contributed by atoms with van der Waals surface area (Å²) < 4.78 is 33.7. The Morgan fingerprint density at radius 2 is 1.76 bits per heavy atom. The van der Waals surface area contributed by atoms with Gasteiger partial charge in [0.2, 0.25) is 5.91 Å². The first-order valence-corrected chi connectivity index (χ1v) is 10.0. The molecule has 1 amide bonds. The molecule has 29 heavy (non-hydrogen) atoms. The molecule has 1 unspecified atom stereocenters. The van der Waals surface area contributed by atoms with E-state index in [0.29, 0.717) is 11.5 Å². The number of primary amides is 1. The van der Waals surface area contributed by atoms with Crippen molar-refractivity contribution in [2.75, 3.05) is 0 Å². The summed E-state index contributed by atoms with van der Waals surface area (Å²) in [6.45, 7) is 5.97. The van der Waals surface area contributed by atoms with Gasteiger partial charge in [0.25, 0.3) is 0 Å². The minimum Gasteiger partial charge on any atom is -0.744 e. The summed E-state index contributed by atoms with van der Waals surface area (Å²) in [6.07, 6.45) is 0.123. The van der Waals surface area contributed by atoms with Crippen LogP contribution in [0, 0.1) is 6.92 Å².